The lowest BCUT2D eigenvalue weighted by atomic mass is 10.2. The SMILES string of the molecule is C=CCCNC(=O)c1cc(Cl)c2ccccc2n1. The summed E-state index contributed by atoms with van der Waals surface area (Å²) in [5, 5.41) is 4.15. The maximum absolute atomic E-state index is 11.8. The Morgan fingerprint density at radius 1 is 1.44 bits per heavy atom. The van der Waals surface area contributed by atoms with Gasteiger partial charge in [0.1, 0.15) is 5.69 Å². The third kappa shape index (κ3) is 2.68. The Labute approximate surface area is 110 Å². The molecule has 1 heterocycles. The zero-order valence-corrected chi connectivity index (χ0v) is 10.6. The summed E-state index contributed by atoms with van der Waals surface area (Å²) < 4.78 is 0. The molecule has 1 N–H and O–H groups in total. The molecule has 0 spiro atoms. The van der Waals surface area contributed by atoms with Crippen LogP contribution in [-0.4, -0.2) is 17.4 Å². The van der Waals surface area contributed by atoms with Crippen molar-refractivity contribution in [2.24, 2.45) is 0 Å². The third-order valence-corrected chi connectivity index (χ3v) is 2.85. The summed E-state index contributed by atoms with van der Waals surface area (Å²) in [7, 11) is 0. The van der Waals surface area contributed by atoms with Crippen molar-refractivity contribution in [1.29, 1.82) is 0 Å². The second kappa shape index (κ2) is 5.65. The maximum Gasteiger partial charge on any atom is 0.269 e. The topological polar surface area (TPSA) is 42.0 Å². The molecule has 0 aliphatic carbocycles. The van der Waals surface area contributed by atoms with E-state index in [9.17, 15) is 4.79 Å². The fourth-order valence-corrected chi connectivity index (χ4v) is 1.89. The largest absolute Gasteiger partial charge is 0.350 e. The predicted octanol–water partition coefficient (Wildman–Crippen LogP) is 3.19. The van der Waals surface area contributed by atoms with Gasteiger partial charge in [0, 0.05) is 11.9 Å². The number of halogens is 1. The van der Waals surface area contributed by atoms with Gasteiger partial charge in [-0.3, -0.25) is 4.79 Å². The summed E-state index contributed by atoms with van der Waals surface area (Å²) in [4.78, 5) is 16.1. The molecular weight excluding hydrogens is 248 g/mol. The highest BCUT2D eigenvalue weighted by Gasteiger charge is 2.10. The van der Waals surface area contributed by atoms with Crippen LogP contribution in [0.4, 0.5) is 0 Å². The smallest absolute Gasteiger partial charge is 0.269 e. The number of hydrogen-bond donors (Lipinski definition) is 1. The van der Waals surface area contributed by atoms with Crippen LogP contribution in [-0.2, 0) is 0 Å². The highest BCUT2D eigenvalue weighted by Crippen LogP contribution is 2.22. The van der Waals surface area contributed by atoms with Crippen molar-refractivity contribution >= 4 is 28.4 Å². The number of nitrogens with one attached hydrogen (secondary N) is 1. The van der Waals surface area contributed by atoms with Gasteiger partial charge in [0.15, 0.2) is 0 Å². The molecule has 0 saturated heterocycles. The van der Waals surface area contributed by atoms with Gasteiger partial charge in [-0.05, 0) is 18.6 Å². The summed E-state index contributed by atoms with van der Waals surface area (Å²) >= 11 is 6.13. The molecule has 0 aliphatic heterocycles. The standard InChI is InChI=1S/C14H13ClN2O/c1-2-3-8-16-14(18)13-9-11(15)10-6-4-5-7-12(10)17-13/h2,4-7,9H,1,3,8H2,(H,16,18). The molecule has 4 heteroatoms. The van der Waals surface area contributed by atoms with E-state index in [0.717, 1.165) is 17.3 Å². The van der Waals surface area contributed by atoms with Gasteiger partial charge >= 0.3 is 0 Å². The highest BCUT2D eigenvalue weighted by atomic mass is 35.5. The number of para-hydroxylation sites is 1. The number of hydrogen-bond acceptors (Lipinski definition) is 2. The summed E-state index contributed by atoms with van der Waals surface area (Å²) in [6.45, 7) is 4.15. The molecule has 0 unspecified atom stereocenters. The quantitative estimate of drug-likeness (QED) is 0.678. The van der Waals surface area contributed by atoms with Gasteiger partial charge in [0.25, 0.3) is 5.91 Å². The first kappa shape index (κ1) is 12.6. The summed E-state index contributed by atoms with van der Waals surface area (Å²) in [5.41, 5.74) is 1.06. The molecule has 0 saturated carbocycles. The maximum atomic E-state index is 11.8. The van der Waals surface area contributed by atoms with Crippen LogP contribution >= 0.6 is 11.6 Å². The Morgan fingerprint density at radius 2 is 2.22 bits per heavy atom. The van der Waals surface area contributed by atoms with E-state index in [1.54, 1.807) is 12.1 Å². The molecule has 2 rings (SSSR count). The molecule has 0 fully saturated rings. The number of fused-ring (bicyclic) bond motifs is 1. The molecular formula is C14H13ClN2O. The third-order valence-electron chi connectivity index (χ3n) is 2.53. The normalized spacial score (nSPS) is 10.3. The Kier molecular flexibility index (Phi) is 3.95. The molecule has 0 radical (unpaired) electrons. The Hall–Kier alpha value is -1.87. The van der Waals surface area contributed by atoms with Crippen molar-refractivity contribution in [3.05, 3.63) is 53.7 Å². The van der Waals surface area contributed by atoms with Crippen LogP contribution in [0, 0.1) is 0 Å². The lowest BCUT2D eigenvalue weighted by Gasteiger charge is -2.05. The van der Waals surface area contributed by atoms with Crippen molar-refractivity contribution in [3.63, 3.8) is 0 Å². The Balaban J connectivity index is 2.28. The van der Waals surface area contributed by atoms with Gasteiger partial charge < -0.3 is 5.32 Å². The van der Waals surface area contributed by atoms with Crippen LogP contribution in [0.2, 0.25) is 5.02 Å². The number of aromatic nitrogens is 1. The molecule has 1 aromatic carbocycles. The monoisotopic (exact) mass is 260 g/mol. The molecule has 1 aromatic heterocycles. The fourth-order valence-electron chi connectivity index (χ4n) is 1.63. The van der Waals surface area contributed by atoms with E-state index >= 15 is 0 Å². The van der Waals surface area contributed by atoms with Gasteiger partial charge in [-0.15, -0.1) is 6.58 Å². The van der Waals surface area contributed by atoms with E-state index < -0.39 is 0 Å². The summed E-state index contributed by atoms with van der Waals surface area (Å²) in [6, 6.07) is 9.06. The van der Waals surface area contributed by atoms with Crippen molar-refractivity contribution < 1.29 is 4.79 Å². The second-order valence-electron chi connectivity index (χ2n) is 3.84. The highest BCUT2D eigenvalue weighted by molar-refractivity contribution is 6.35. The molecule has 0 bridgehead atoms. The van der Waals surface area contributed by atoms with Gasteiger partial charge in [-0.25, -0.2) is 4.98 Å². The number of rotatable bonds is 4. The van der Waals surface area contributed by atoms with E-state index in [4.69, 9.17) is 11.6 Å². The number of pyridine rings is 1. The molecule has 18 heavy (non-hydrogen) atoms. The lowest BCUT2D eigenvalue weighted by molar-refractivity contribution is 0.0950. The van der Waals surface area contributed by atoms with Gasteiger partial charge in [0.2, 0.25) is 0 Å². The number of benzene rings is 1. The minimum absolute atomic E-state index is 0.218. The number of nitrogens with zero attached hydrogens (tertiary/aromatic N) is 1. The average Bonchev–Trinajstić information content (AvgIpc) is 2.39. The second-order valence-corrected chi connectivity index (χ2v) is 4.25. The molecule has 0 aliphatic rings. The lowest BCUT2D eigenvalue weighted by Crippen LogP contribution is -2.25. The molecule has 92 valence electrons. The minimum atomic E-state index is -0.218. The van der Waals surface area contributed by atoms with Crippen LogP contribution in [0.15, 0.2) is 43.0 Å². The minimum Gasteiger partial charge on any atom is -0.350 e. The first-order chi connectivity index (χ1) is 8.72. The zero-order chi connectivity index (χ0) is 13.0. The fraction of sp³-hybridized carbons (Fsp3) is 0.143. The Morgan fingerprint density at radius 3 is 3.00 bits per heavy atom. The number of carbonyl (C=O) groups excluding carboxylic acids is 1. The predicted molar refractivity (Wildman–Crippen MR) is 73.9 cm³/mol. The van der Waals surface area contributed by atoms with E-state index in [1.807, 2.05) is 24.3 Å². The molecule has 3 nitrogen and oxygen atoms in total. The first-order valence-corrected chi connectivity index (χ1v) is 6.04. The van der Waals surface area contributed by atoms with Crippen molar-refractivity contribution in [2.45, 2.75) is 6.42 Å². The van der Waals surface area contributed by atoms with Gasteiger partial charge in [-0.1, -0.05) is 35.9 Å². The van der Waals surface area contributed by atoms with E-state index in [2.05, 4.69) is 16.9 Å². The molecule has 1 amide bonds. The van der Waals surface area contributed by atoms with Crippen LogP contribution in [0.5, 0.6) is 0 Å². The van der Waals surface area contributed by atoms with Crippen molar-refractivity contribution in [2.75, 3.05) is 6.54 Å². The van der Waals surface area contributed by atoms with Gasteiger partial charge in [0.05, 0.1) is 10.5 Å². The van der Waals surface area contributed by atoms with E-state index in [-0.39, 0.29) is 5.91 Å². The summed E-state index contributed by atoms with van der Waals surface area (Å²) in [6.07, 6.45) is 2.48. The molecule has 0 atom stereocenters. The van der Waals surface area contributed by atoms with Crippen LogP contribution in [0.25, 0.3) is 10.9 Å². The number of amides is 1. The number of carbonyl (C=O) groups is 1. The van der Waals surface area contributed by atoms with Crippen LogP contribution < -0.4 is 5.32 Å². The summed E-state index contributed by atoms with van der Waals surface area (Å²) in [5.74, 6) is -0.218. The van der Waals surface area contributed by atoms with Gasteiger partial charge in [-0.2, -0.15) is 0 Å². The van der Waals surface area contributed by atoms with Crippen molar-refractivity contribution in [3.8, 4) is 0 Å². The first-order valence-electron chi connectivity index (χ1n) is 5.67. The van der Waals surface area contributed by atoms with E-state index in [0.29, 0.717) is 17.3 Å². The zero-order valence-electron chi connectivity index (χ0n) is 9.82. The van der Waals surface area contributed by atoms with E-state index in [1.165, 1.54) is 0 Å². The Bertz CT molecular complexity index is 595. The molecule has 2 aromatic rings. The average molecular weight is 261 g/mol. The van der Waals surface area contributed by atoms with Crippen LogP contribution in [0.1, 0.15) is 16.9 Å². The van der Waals surface area contributed by atoms with Crippen molar-refractivity contribution in [1.82, 2.24) is 10.3 Å². The van der Waals surface area contributed by atoms with Crippen LogP contribution in [0.3, 0.4) is 0 Å².